The maximum Gasteiger partial charge on any atom is 0.251 e. The van der Waals surface area contributed by atoms with E-state index in [-0.39, 0.29) is 5.91 Å². The van der Waals surface area contributed by atoms with Crippen LogP contribution in [0.3, 0.4) is 0 Å². The second-order valence-electron chi connectivity index (χ2n) is 4.80. The Hall–Kier alpha value is -1.55. The SMILES string of the molecule is CCNC(=O)c1ccc(OC)c(COCC(C)C)c1. The van der Waals surface area contributed by atoms with Gasteiger partial charge >= 0.3 is 0 Å². The van der Waals surface area contributed by atoms with Gasteiger partial charge in [0, 0.05) is 24.3 Å². The molecule has 1 rings (SSSR count). The average molecular weight is 265 g/mol. The Labute approximate surface area is 115 Å². The zero-order chi connectivity index (χ0) is 14.3. The summed E-state index contributed by atoms with van der Waals surface area (Å²) in [5, 5.41) is 2.78. The first kappa shape index (κ1) is 15.5. The molecule has 0 spiro atoms. The second-order valence-corrected chi connectivity index (χ2v) is 4.80. The van der Waals surface area contributed by atoms with Gasteiger partial charge in [-0.05, 0) is 31.0 Å². The highest BCUT2D eigenvalue weighted by molar-refractivity contribution is 5.94. The number of amides is 1. The highest BCUT2D eigenvalue weighted by Gasteiger charge is 2.10. The molecule has 1 aromatic carbocycles. The van der Waals surface area contributed by atoms with Gasteiger partial charge < -0.3 is 14.8 Å². The molecule has 0 saturated carbocycles. The second kappa shape index (κ2) is 7.79. The summed E-state index contributed by atoms with van der Waals surface area (Å²) < 4.78 is 10.9. The quantitative estimate of drug-likeness (QED) is 0.824. The molecule has 0 aliphatic rings. The first-order chi connectivity index (χ1) is 9.08. The predicted octanol–water partition coefficient (Wildman–Crippen LogP) is 2.62. The van der Waals surface area contributed by atoms with Crippen molar-refractivity contribution in [2.24, 2.45) is 5.92 Å². The predicted molar refractivity (Wildman–Crippen MR) is 75.5 cm³/mol. The highest BCUT2D eigenvalue weighted by Crippen LogP contribution is 2.21. The normalized spacial score (nSPS) is 10.6. The summed E-state index contributed by atoms with van der Waals surface area (Å²) in [6.45, 7) is 7.85. The van der Waals surface area contributed by atoms with Crippen LogP contribution in [-0.4, -0.2) is 26.2 Å². The molecule has 0 heterocycles. The van der Waals surface area contributed by atoms with Crippen molar-refractivity contribution in [3.05, 3.63) is 29.3 Å². The van der Waals surface area contributed by atoms with E-state index in [4.69, 9.17) is 9.47 Å². The molecule has 0 unspecified atom stereocenters. The fourth-order valence-electron chi connectivity index (χ4n) is 1.70. The van der Waals surface area contributed by atoms with Gasteiger partial charge in [-0.15, -0.1) is 0 Å². The summed E-state index contributed by atoms with van der Waals surface area (Å²) in [5.74, 6) is 1.16. The smallest absolute Gasteiger partial charge is 0.251 e. The van der Waals surface area contributed by atoms with Crippen molar-refractivity contribution >= 4 is 5.91 Å². The van der Waals surface area contributed by atoms with Crippen molar-refractivity contribution in [3.63, 3.8) is 0 Å². The monoisotopic (exact) mass is 265 g/mol. The minimum atomic E-state index is -0.0738. The zero-order valence-corrected chi connectivity index (χ0v) is 12.2. The van der Waals surface area contributed by atoms with E-state index in [2.05, 4.69) is 19.2 Å². The number of benzene rings is 1. The van der Waals surface area contributed by atoms with Crippen LogP contribution in [0, 0.1) is 5.92 Å². The van der Waals surface area contributed by atoms with Crippen molar-refractivity contribution in [1.82, 2.24) is 5.32 Å². The lowest BCUT2D eigenvalue weighted by Crippen LogP contribution is -2.22. The van der Waals surface area contributed by atoms with E-state index in [1.165, 1.54) is 0 Å². The molecule has 1 amide bonds. The maximum absolute atomic E-state index is 11.8. The van der Waals surface area contributed by atoms with E-state index in [0.29, 0.717) is 31.2 Å². The van der Waals surface area contributed by atoms with Gasteiger partial charge in [0.15, 0.2) is 0 Å². The lowest BCUT2D eigenvalue weighted by molar-refractivity contribution is 0.0940. The van der Waals surface area contributed by atoms with Crippen LogP contribution < -0.4 is 10.1 Å². The number of ether oxygens (including phenoxy) is 2. The van der Waals surface area contributed by atoms with Gasteiger partial charge in [-0.1, -0.05) is 13.8 Å². The van der Waals surface area contributed by atoms with E-state index >= 15 is 0 Å². The Bertz CT molecular complexity index is 416. The van der Waals surface area contributed by atoms with Gasteiger partial charge in [-0.25, -0.2) is 0 Å². The first-order valence-corrected chi connectivity index (χ1v) is 6.61. The first-order valence-electron chi connectivity index (χ1n) is 6.61. The van der Waals surface area contributed by atoms with Gasteiger partial charge in [-0.3, -0.25) is 4.79 Å². The molecule has 4 nitrogen and oxygen atoms in total. The minimum Gasteiger partial charge on any atom is -0.496 e. The molecular formula is C15H23NO3. The topological polar surface area (TPSA) is 47.6 Å². The van der Waals surface area contributed by atoms with Crippen LogP contribution >= 0.6 is 0 Å². The fraction of sp³-hybridized carbons (Fsp3) is 0.533. The molecule has 0 fully saturated rings. The minimum absolute atomic E-state index is 0.0738. The molecule has 4 heteroatoms. The van der Waals surface area contributed by atoms with Gasteiger partial charge in [0.1, 0.15) is 5.75 Å². The summed E-state index contributed by atoms with van der Waals surface area (Å²) in [5.41, 5.74) is 1.53. The Kier molecular flexibility index (Phi) is 6.36. The van der Waals surface area contributed by atoms with Crippen LogP contribution in [0.15, 0.2) is 18.2 Å². The molecule has 0 aliphatic carbocycles. The maximum atomic E-state index is 11.8. The van der Waals surface area contributed by atoms with Crippen LogP contribution in [0.4, 0.5) is 0 Å². The average Bonchev–Trinajstić information content (AvgIpc) is 2.38. The van der Waals surface area contributed by atoms with Crippen molar-refractivity contribution < 1.29 is 14.3 Å². The lowest BCUT2D eigenvalue weighted by atomic mass is 10.1. The third kappa shape index (κ3) is 4.91. The van der Waals surface area contributed by atoms with Crippen LogP contribution in [0.2, 0.25) is 0 Å². The van der Waals surface area contributed by atoms with Crippen LogP contribution in [0.25, 0.3) is 0 Å². The van der Waals surface area contributed by atoms with Crippen molar-refractivity contribution in [2.75, 3.05) is 20.3 Å². The van der Waals surface area contributed by atoms with Gasteiger partial charge in [-0.2, -0.15) is 0 Å². The lowest BCUT2D eigenvalue weighted by Gasteiger charge is -2.12. The standard InChI is InChI=1S/C15H23NO3/c1-5-16-15(17)12-6-7-14(18-4)13(8-12)10-19-9-11(2)3/h6-8,11H,5,9-10H2,1-4H3,(H,16,17). The van der Waals surface area contributed by atoms with E-state index in [0.717, 1.165) is 11.3 Å². The number of hydrogen-bond acceptors (Lipinski definition) is 3. The summed E-state index contributed by atoms with van der Waals surface area (Å²) in [6, 6.07) is 5.39. The number of hydrogen-bond donors (Lipinski definition) is 1. The molecule has 0 aliphatic heterocycles. The number of carbonyl (C=O) groups excluding carboxylic acids is 1. The van der Waals surface area contributed by atoms with E-state index in [1.807, 2.05) is 13.0 Å². The third-order valence-corrected chi connectivity index (χ3v) is 2.59. The van der Waals surface area contributed by atoms with Crippen LogP contribution in [-0.2, 0) is 11.3 Å². The van der Waals surface area contributed by atoms with Gasteiger partial charge in [0.2, 0.25) is 0 Å². The largest absolute Gasteiger partial charge is 0.496 e. The molecule has 0 aromatic heterocycles. The van der Waals surface area contributed by atoms with Gasteiger partial charge in [0.05, 0.1) is 13.7 Å². The summed E-state index contributed by atoms with van der Waals surface area (Å²) in [6.07, 6.45) is 0. The Morgan fingerprint density at radius 1 is 1.37 bits per heavy atom. The molecule has 0 radical (unpaired) electrons. The Morgan fingerprint density at radius 2 is 2.11 bits per heavy atom. The molecule has 0 saturated heterocycles. The van der Waals surface area contributed by atoms with E-state index in [9.17, 15) is 4.79 Å². The van der Waals surface area contributed by atoms with E-state index < -0.39 is 0 Å². The zero-order valence-electron chi connectivity index (χ0n) is 12.2. The molecule has 0 atom stereocenters. The molecule has 19 heavy (non-hydrogen) atoms. The van der Waals surface area contributed by atoms with Crippen molar-refractivity contribution in [3.8, 4) is 5.75 Å². The molecular weight excluding hydrogens is 242 g/mol. The molecule has 106 valence electrons. The fourth-order valence-corrected chi connectivity index (χ4v) is 1.70. The summed E-state index contributed by atoms with van der Waals surface area (Å²) in [4.78, 5) is 11.8. The molecule has 1 aromatic rings. The van der Waals surface area contributed by atoms with Crippen LogP contribution in [0.1, 0.15) is 36.7 Å². The van der Waals surface area contributed by atoms with Crippen molar-refractivity contribution in [2.45, 2.75) is 27.4 Å². The van der Waals surface area contributed by atoms with E-state index in [1.54, 1.807) is 19.2 Å². The summed E-state index contributed by atoms with van der Waals surface area (Å²) >= 11 is 0. The Morgan fingerprint density at radius 3 is 2.68 bits per heavy atom. The van der Waals surface area contributed by atoms with Gasteiger partial charge in [0.25, 0.3) is 5.91 Å². The Balaban J connectivity index is 2.80. The number of carbonyl (C=O) groups is 1. The summed E-state index contributed by atoms with van der Waals surface area (Å²) in [7, 11) is 1.62. The van der Waals surface area contributed by atoms with Crippen LogP contribution in [0.5, 0.6) is 5.75 Å². The third-order valence-electron chi connectivity index (χ3n) is 2.59. The number of nitrogens with one attached hydrogen (secondary N) is 1. The van der Waals surface area contributed by atoms with Crippen molar-refractivity contribution in [1.29, 1.82) is 0 Å². The number of methoxy groups -OCH3 is 1. The highest BCUT2D eigenvalue weighted by atomic mass is 16.5. The molecule has 0 bridgehead atoms. The molecule has 1 N–H and O–H groups in total. The number of rotatable bonds is 7.